The molecule has 0 amide bonds. The number of amidine groups is 1. The van der Waals surface area contributed by atoms with E-state index in [0.29, 0.717) is 0 Å². The van der Waals surface area contributed by atoms with Crippen molar-refractivity contribution in [3.8, 4) is 11.3 Å². The third-order valence-electron chi connectivity index (χ3n) is 5.09. The first-order valence-electron chi connectivity index (χ1n) is 9.42. The van der Waals surface area contributed by atoms with Crippen molar-refractivity contribution >= 4 is 45.0 Å². The molecular weight excluding hydrogens is 380 g/mol. The zero-order chi connectivity index (χ0) is 19.2. The number of aromatic nitrogens is 3. The average molecular weight is 396 g/mol. The van der Waals surface area contributed by atoms with E-state index in [1.807, 2.05) is 36.5 Å². The average Bonchev–Trinajstić information content (AvgIpc) is 3.36. The lowest BCUT2D eigenvalue weighted by atomic mass is 10.1. The molecule has 7 heteroatoms. The third kappa shape index (κ3) is 2.82. The van der Waals surface area contributed by atoms with E-state index < -0.39 is 0 Å². The highest BCUT2D eigenvalue weighted by Crippen LogP contribution is 2.43. The Labute approximate surface area is 171 Å². The highest BCUT2D eigenvalue weighted by molar-refractivity contribution is 8.14. The molecule has 2 aliphatic heterocycles. The molecule has 2 aliphatic rings. The van der Waals surface area contributed by atoms with E-state index in [-0.39, 0.29) is 0 Å². The van der Waals surface area contributed by atoms with Crippen LogP contribution >= 0.6 is 11.8 Å². The van der Waals surface area contributed by atoms with Crippen LogP contribution in [0.3, 0.4) is 0 Å². The molecule has 0 saturated carbocycles. The number of rotatable bonds is 3. The van der Waals surface area contributed by atoms with Gasteiger partial charge in [0.25, 0.3) is 0 Å². The van der Waals surface area contributed by atoms with Crippen LogP contribution in [0.5, 0.6) is 0 Å². The molecule has 5 heterocycles. The normalized spacial score (nSPS) is 14.6. The van der Waals surface area contributed by atoms with Crippen molar-refractivity contribution in [1.82, 2.24) is 15.0 Å². The SMILES string of the molecule is c1cnc2cc(-c3ccncc3)nc(Nc3ccc4c(c3)N3CCN=C3S4)c2c1. The third-order valence-corrected chi connectivity index (χ3v) is 6.19. The maximum absolute atomic E-state index is 4.91. The Morgan fingerprint density at radius 3 is 2.86 bits per heavy atom. The highest BCUT2D eigenvalue weighted by Gasteiger charge is 2.29. The minimum atomic E-state index is 0.795. The standard InChI is InChI=1S/C22H16N6S/c1-2-16-18(24-7-1)13-17(14-5-8-23-9-6-14)27-21(16)26-15-3-4-20-19(12-15)28-11-10-25-22(28)29-20/h1-9,12-13H,10-11H2,(H,26,27). The number of pyridine rings is 3. The summed E-state index contributed by atoms with van der Waals surface area (Å²) in [5.74, 6) is 0.795. The van der Waals surface area contributed by atoms with E-state index in [1.165, 1.54) is 10.6 Å². The second kappa shape index (κ2) is 6.56. The van der Waals surface area contributed by atoms with E-state index in [4.69, 9.17) is 4.98 Å². The van der Waals surface area contributed by atoms with Gasteiger partial charge in [-0.3, -0.25) is 15.0 Å². The van der Waals surface area contributed by atoms with Crippen LogP contribution < -0.4 is 10.2 Å². The molecule has 0 saturated heterocycles. The molecule has 0 unspecified atom stereocenters. The Balaban J connectivity index is 1.44. The van der Waals surface area contributed by atoms with Gasteiger partial charge in [-0.15, -0.1) is 0 Å². The summed E-state index contributed by atoms with van der Waals surface area (Å²) < 4.78 is 0. The molecule has 6 nitrogen and oxygen atoms in total. The van der Waals surface area contributed by atoms with Crippen molar-refractivity contribution in [1.29, 1.82) is 0 Å². The zero-order valence-corrected chi connectivity index (χ0v) is 16.2. The van der Waals surface area contributed by atoms with Crippen molar-refractivity contribution in [2.75, 3.05) is 23.3 Å². The summed E-state index contributed by atoms with van der Waals surface area (Å²) in [4.78, 5) is 21.7. The summed E-state index contributed by atoms with van der Waals surface area (Å²) in [5.41, 5.74) is 5.00. The van der Waals surface area contributed by atoms with Crippen molar-refractivity contribution in [2.45, 2.75) is 4.90 Å². The second-order valence-corrected chi connectivity index (χ2v) is 7.90. The summed E-state index contributed by atoms with van der Waals surface area (Å²) in [6.07, 6.45) is 5.36. The number of benzene rings is 1. The maximum Gasteiger partial charge on any atom is 0.168 e. The predicted molar refractivity (Wildman–Crippen MR) is 118 cm³/mol. The fraction of sp³-hybridized carbons (Fsp3) is 0.0909. The van der Waals surface area contributed by atoms with Gasteiger partial charge in [0.05, 0.1) is 23.4 Å². The van der Waals surface area contributed by atoms with Gasteiger partial charge < -0.3 is 10.2 Å². The second-order valence-electron chi connectivity index (χ2n) is 6.89. The molecule has 4 aromatic rings. The molecule has 6 rings (SSSR count). The van der Waals surface area contributed by atoms with Crippen molar-refractivity contribution < 1.29 is 0 Å². The number of thioether (sulfide) groups is 1. The molecule has 0 radical (unpaired) electrons. The van der Waals surface area contributed by atoms with Gasteiger partial charge in [-0.1, -0.05) is 0 Å². The summed E-state index contributed by atoms with van der Waals surface area (Å²) in [5, 5.41) is 5.62. The van der Waals surface area contributed by atoms with Crippen LogP contribution in [0, 0.1) is 0 Å². The molecule has 3 aromatic heterocycles. The molecule has 29 heavy (non-hydrogen) atoms. The number of hydrogen-bond donors (Lipinski definition) is 1. The Morgan fingerprint density at radius 2 is 1.93 bits per heavy atom. The first-order chi connectivity index (χ1) is 14.3. The van der Waals surface area contributed by atoms with Gasteiger partial charge in [-0.25, -0.2) is 4.98 Å². The van der Waals surface area contributed by atoms with Crippen LogP contribution in [0.15, 0.2) is 77.0 Å². The first kappa shape index (κ1) is 16.5. The molecular formula is C22H16N6S. The smallest absolute Gasteiger partial charge is 0.168 e. The number of aliphatic imine (C=N–C) groups is 1. The van der Waals surface area contributed by atoms with Gasteiger partial charge in [0.2, 0.25) is 0 Å². The van der Waals surface area contributed by atoms with Gasteiger partial charge in [0.15, 0.2) is 5.17 Å². The van der Waals surface area contributed by atoms with E-state index in [1.54, 1.807) is 24.2 Å². The number of anilines is 3. The summed E-state index contributed by atoms with van der Waals surface area (Å²) >= 11 is 1.74. The van der Waals surface area contributed by atoms with Gasteiger partial charge >= 0.3 is 0 Å². The fourth-order valence-electron chi connectivity index (χ4n) is 3.71. The maximum atomic E-state index is 4.91. The van der Waals surface area contributed by atoms with Crippen molar-refractivity contribution in [3.05, 3.63) is 67.1 Å². The van der Waals surface area contributed by atoms with E-state index >= 15 is 0 Å². The van der Waals surface area contributed by atoms with E-state index in [2.05, 4.69) is 43.4 Å². The Bertz CT molecular complexity index is 1270. The molecule has 0 aliphatic carbocycles. The highest BCUT2D eigenvalue weighted by atomic mass is 32.2. The molecule has 1 aromatic carbocycles. The number of hydrogen-bond acceptors (Lipinski definition) is 7. The van der Waals surface area contributed by atoms with Crippen LogP contribution in [-0.4, -0.2) is 33.2 Å². The van der Waals surface area contributed by atoms with Gasteiger partial charge in [-0.2, -0.15) is 0 Å². The molecule has 0 bridgehead atoms. The summed E-state index contributed by atoms with van der Waals surface area (Å²) in [6, 6.07) is 16.3. The van der Waals surface area contributed by atoms with E-state index in [0.717, 1.165) is 51.9 Å². The summed E-state index contributed by atoms with van der Waals surface area (Å²) in [6.45, 7) is 1.81. The van der Waals surface area contributed by atoms with Crippen LogP contribution in [-0.2, 0) is 0 Å². The molecule has 0 atom stereocenters. The first-order valence-corrected chi connectivity index (χ1v) is 10.2. The minimum Gasteiger partial charge on any atom is -0.340 e. The predicted octanol–water partition coefficient (Wildman–Crippen LogP) is 4.72. The van der Waals surface area contributed by atoms with Crippen LogP contribution in [0.25, 0.3) is 22.2 Å². The van der Waals surface area contributed by atoms with Crippen LogP contribution in [0.2, 0.25) is 0 Å². The summed E-state index contributed by atoms with van der Waals surface area (Å²) in [7, 11) is 0. The number of nitrogens with one attached hydrogen (secondary N) is 1. The number of nitrogens with zero attached hydrogens (tertiary/aromatic N) is 5. The Morgan fingerprint density at radius 1 is 1.00 bits per heavy atom. The lowest BCUT2D eigenvalue weighted by Gasteiger charge is -2.15. The Hall–Kier alpha value is -3.45. The minimum absolute atomic E-state index is 0.795. The molecule has 0 spiro atoms. The zero-order valence-electron chi connectivity index (χ0n) is 15.4. The van der Waals surface area contributed by atoms with Crippen molar-refractivity contribution in [2.24, 2.45) is 4.99 Å². The molecule has 1 N–H and O–H groups in total. The van der Waals surface area contributed by atoms with Crippen molar-refractivity contribution in [3.63, 3.8) is 0 Å². The van der Waals surface area contributed by atoms with Gasteiger partial charge in [-0.05, 0) is 60.3 Å². The lowest BCUT2D eigenvalue weighted by Crippen LogP contribution is -2.20. The largest absolute Gasteiger partial charge is 0.340 e. The topological polar surface area (TPSA) is 66.3 Å². The van der Waals surface area contributed by atoms with Gasteiger partial charge in [0, 0.05) is 46.7 Å². The quantitative estimate of drug-likeness (QED) is 0.541. The molecule has 0 fully saturated rings. The fourth-order valence-corrected chi connectivity index (χ4v) is 4.77. The monoisotopic (exact) mass is 396 g/mol. The van der Waals surface area contributed by atoms with Crippen LogP contribution in [0.1, 0.15) is 0 Å². The van der Waals surface area contributed by atoms with Crippen LogP contribution in [0.4, 0.5) is 17.2 Å². The lowest BCUT2D eigenvalue weighted by molar-refractivity contribution is 1.02. The number of fused-ring (bicyclic) bond motifs is 4. The van der Waals surface area contributed by atoms with Gasteiger partial charge in [0.1, 0.15) is 5.82 Å². The Kier molecular flexibility index (Phi) is 3.73. The molecule has 140 valence electrons. The van der Waals surface area contributed by atoms with E-state index in [9.17, 15) is 0 Å².